The van der Waals surface area contributed by atoms with E-state index in [1.807, 2.05) is 30.9 Å². The second-order valence-electron chi connectivity index (χ2n) is 6.59. The summed E-state index contributed by atoms with van der Waals surface area (Å²) in [5.74, 6) is 0.898. The van der Waals surface area contributed by atoms with Crippen LogP contribution in [0.2, 0.25) is 0 Å². The van der Waals surface area contributed by atoms with Crippen molar-refractivity contribution in [3.63, 3.8) is 0 Å². The number of nitrogens with one attached hydrogen (secondary N) is 1. The van der Waals surface area contributed by atoms with Crippen molar-refractivity contribution in [1.82, 2.24) is 25.0 Å². The molecule has 0 saturated carbocycles. The van der Waals surface area contributed by atoms with Crippen molar-refractivity contribution in [2.24, 2.45) is 0 Å². The Hall–Kier alpha value is -2.96. The lowest BCUT2D eigenvalue weighted by Gasteiger charge is -2.35. The summed E-state index contributed by atoms with van der Waals surface area (Å²) in [4.78, 5) is 26.8. The molecule has 1 aliphatic heterocycles. The standard InChI is InChI=1S/C19H21N5O2/c1-12-15(13(2)26-23-12)3-4-17(25)24-10-7-16-18(22-11-21-16)19(24)14-5-8-20-9-6-14/h5-6,8-9,11,19H,3-4,7,10H2,1-2H3,(H,21,22)/t19-/m0/s1. The number of carbonyl (C=O) groups excluding carboxylic acids is 1. The first-order valence-electron chi connectivity index (χ1n) is 8.78. The number of fused-ring (bicyclic) bond motifs is 1. The van der Waals surface area contributed by atoms with E-state index in [9.17, 15) is 4.79 Å². The number of hydrogen-bond acceptors (Lipinski definition) is 5. The van der Waals surface area contributed by atoms with Gasteiger partial charge in [-0.25, -0.2) is 4.98 Å². The van der Waals surface area contributed by atoms with Gasteiger partial charge in [0, 0.05) is 43.0 Å². The fourth-order valence-corrected chi connectivity index (χ4v) is 3.66. The van der Waals surface area contributed by atoms with Gasteiger partial charge in [-0.15, -0.1) is 0 Å². The molecule has 0 fully saturated rings. The van der Waals surface area contributed by atoms with Crippen molar-refractivity contribution in [3.8, 4) is 0 Å². The fourth-order valence-electron chi connectivity index (χ4n) is 3.66. The SMILES string of the molecule is Cc1noc(C)c1CCC(=O)N1CCc2[nH]cnc2[C@@H]1c1ccncc1. The zero-order valence-corrected chi connectivity index (χ0v) is 14.9. The van der Waals surface area contributed by atoms with Crippen molar-refractivity contribution < 1.29 is 9.32 Å². The van der Waals surface area contributed by atoms with E-state index in [0.717, 1.165) is 40.4 Å². The van der Waals surface area contributed by atoms with Gasteiger partial charge in [-0.2, -0.15) is 0 Å². The smallest absolute Gasteiger partial charge is 0.223 e. The quantitative estimate of drug-likeness (QED) is 0.780. The van der Waals surface area contributed by atoms with Crippen LogP contribution in [0.5, 0.6) is 0 Å². The lowest BCUT2D eigenvalue weighted by atomic mass is 9.95. The van der Waals surface area contributed by atoms with Crippen LogP contribution in [0.3, 0.4) is 0 Å². The Bertz CT molecular complexity index is 896. The molecule has 0 aliphatic carbocycles. The second-order valence-corrected chi connectivity index (χ2v) is 6.59. The highest BCUT2D eigenvalue weighted by molar-refractivity contribution is 5.78. The van der Waals surface area contributed by atoms with Crippen molar-refractivity contribution in [2.75, 3.05) is 6.54 Å². The third-order valence-corrected chi connectivity index (χ3v) is 5.04. The Morgan fingerprint density at radius 1 is 1.35 bits per heavy atom. The summed E-state index contributed by atoms with van der Waals surface area (Å²) < 4.78 is 5.20. The summed E-state index contributed by atoms with van der Waals surface area (Å²) >= 11 is 0. The third-order valence-electron chi connectivity index (χ3n) is 5.04. The van der Waals surface area contributed by atoms with Gasteiger partial charge < -0.3 is 14.4 Å². The van der Waals surface area contributed by atoms with Gasteiger partial charge in [0.25, 0.3) is 0 Å². The summed E-state index contributed by atoms with van der Waals surface area (Å²) in [6.07, 6.45) is 7.05. The molecule has 1 aliphatic rings. The number of hydrogen-bond donors (Lipinski definition) is 1. The Balaban J connectivity index is 1.59. The zero-order valence-electron chi connectivity index (χ0n) is 14.9. The molecule has 7 heteroatoms. The molecule has 0 saturated heterocycles. The molecule has 1 amide bonds. The van der Waals surface area contributed by atoms with Crippen LogP contribution in [0.1, 0.15) is 46.4 Å². The minimum atomic E-state index is -0.176. The van der Waals surface area contributed by atoms with Gasteiger partial charge in [0.05, 0.1) is 17.7 Å². The van der Waals surface area contributed by atoms with Crippen LogP contribution < -0.4 is 0 Å². The molecule has 0 radical (unpaired) electrons. The molecular weight excluding hydrogens is 330 g/mol. The fraction of sp³-hybridized carbons (Fsp3) is 0.368. The molecule has 134 valence electrons. The molecule has 3 aromatic heterocycles. The van der Waals surface area contributed by atoms with Crippen LogP contribution in [0.15, 0.2) is 35.4 Å². The highest BCUT2D eigenvalue weighted by atomic mass is 16.5. The van der Waals surface area contributed by atoms with E-state index < -0.39 is 0 Å². The number of carbonyl (C=O) groups is 1. The minimum Gasteiger partial charge on any atom is -0.361 e. The number of rotatable bonds is 4. The van der Waals surface area contributed by atoms with E-state index in [-0.39, 0.29) is 11.9 Å². The molecule has 0 spiro atoms. The van der Waals surface area contributed by atoms with Gasteiger partial charge in [-0.3, -0.25) is 9.78 Å². The van der Waals surface area contributed by atoms with E-state index in [0.29, 0.717) is 19.4 Å². The Labute approximate surface area is 151 Å². The maximum Gasteiger partial charge on any atom is 0.223 e. The number of H-pyrrole nitrogens is 1. The normalized spacial score (nSPS) is 16.5. The molecular formula is C19H21N5O2. The molecule has 0 bridgehead atoms. The zero-order chi connectivity index (χ0) is 18.1. The summed E-state index contributed by atoms with van der Waals surface area (Å²) in [6, 6.07) is 3.72. The Morgan fingerprint density at radius 3 is 2.88 bits per heavy atom. The van der Waals surface area contributed by atoms with Gasteiger partial charge in [-0.05, 0) is 38.0 Å². The average molecular weight is 351 g/mol. The van der Waals surface area contributed by atoms with Crippen LogP contribution in [-0.2, 0) is 17.6 Å². The summed E-state index contributed by atoms with van der Waals surface area (Å²) in [5.41, 5.74) is 4.93. The molecule has 26 heavy (non-hydrogen) atoms. The number of nitrogens with zero attached hydrogens (tertiary/aromatic N) is 4. The lowest BCUT2D eigenvalue weighted by molar-refractivity contribution is -0.133. The van der Waals surface area contributed by atoms with E-state index in [1.54, 1.807) is 18.7 Å². The Morgan fingerprint density at radius 2 is 2.15 bits per heavy atom. The third kappa shape index (κ3) is 2.89. The van der Waals surface area contributed by atoms with E-state index in [2.05, 4.69) is 20.1 Å². The average Bonchev–Trinajstić information content (AvgIpc) is 3.26. The van der Waals surface area contributed by atoms with Crippen molar-refractivity contribution in [3.05, 3.63) is 64.8 Å². The highest BCUT2D eigenvalue weighted by Gasteiger charge is 2.33. The molecule has 3 aromatic rings. The molecule has 0 unspecified atom stereocenters. The van der Waals surface area contributed by atoms with E-state index in [1.165, 1.54) is 0 Å². The topological polar surface area (TPSA) is 87.9 Å². The predicted octanol–water partition coefficient (Wildman–Crippen LogP) is 2.52. The van der Waals surface area contributed by atoms with Crippen LogP contribution in [0, 0.1) is 13.8 Å². The van der Waals surface area contributed by atoms with Crippen LogP contribution in [0.4, 0.5) is 0 Å². The molecule has 7 nitrogen and oxygen atoms in total. The van der Waals surface area contributed by atoms with Gasteiger partial charge in [0.2, 0.25) is 5.91 Å². The van der Waals surface area contributed by atoms with E-state index in [4.69, 9.17) is 4.52 Å². The van der Waals surface area contributed by atoms with Crippen molar-refractivity contribution >= 4 is 5.91 Å². The van der Waals surface area contributed by atoms with Crippen LogP contribution >= 0.6 is 0 Å². The molecule has 4 heterocycles. The van der Waals surface area contributed by atoms with Gasteiger partial charge in [0.1, 0.15) is 11.8 Å². The Kier molecular flexibility index (Phi) is 4.28. The van der Waals surface area contributed by atoms with E-state index >= 15 is 0 Å². The number of pyridine rings is 1. The monoisotopic (exact) mass is 351 g/mol. The lowest BCUT2D eigenvalue weighted by Crippen LogP contribution is -2.40. The molecule has 4 rings (SSSR count). The second kappa shape index (κ2) is 6.74. The number of imidazole rings is 1. The molecule has 1 atom stereocenters. The maximum absolute atomic E-state index is 13.1. The first-order chi connectivity index (χ1) is 12.6. The minimum absolute atomic E-state index is 0.112. The first-order valence-corrected chi connectivity index (χ1v) is 8.78. The number of aryl methyl sites for hydroxylation is 2. The number of amides is 1. The highest BCUT2D eigenvalue weighted by Crippen LogP contribution is 2.33. The van der Waals surface area contributed by atoms with Gasteiger partial charge >= 0.3 is 0 Å². The van der Waals surface area contributed by atoms with Crippen LogP contribution in [0.25, 0.3) is 0 Å². The van der Waals surface area contributed by atoms with Crippen molar-refractivity contribution in [2.45, 2.75) is 39.2 Å². The molecule has 0 aromatic carbocycles. The van der Waals surface area contributed by atoms with Crippen LogP contribution in [-0.4, -0.2) is 37.5 Å². The summed E-state index contributed by atoms with van der Waals surface area (Å²) in [5, 5.41) is 3.97. The maximum atomic E-state index is 13.1. The number of aromatic amines is 1. The number of aromatic nitrogens is 4. The van der Waals surface area contributed by atoms with Crippen molar-refractivity contribution in [1.29, 1.82) is 0 Å². The summed E-state index contributed by atoms with van der Waals surface area (Å²) in [7, 11) is 0. The molecule has 1 N–H and O–H groups in total. The largest absolute Gasteiger partial charge is 0.361 e. The predicted molar refractivity (Wildman–Crippen MR) is 94.4 cm³/mol. The first kappa shape index (κ1) is 16.5. The summed E-state index contributed by atoms with van der Waals surface area (Å²) in [6.45, 7) is 4.46. The van der Waals surface area contributed by atoms with Gasteiger partial charge in [-0.1, -0.05) is 5.16 Å². The van der Waals surface area contributed by atoms with Gasteiger partial charge in [0.15, 0.2) is 0 Å².